The summed E-state index contributed by atoms with van der Waals surface area (Å²) in [6, 6.07) is 0.871. The highest BCUT2D eigenvalue weighted by Gasteiger charge is 2.49. The smallest absolute Gasteiger partial charge is 0.427 e. The lowest BCUT2D eigenvalue weighted by molar-refractivity contribution is -0.200. The second kappa shape index (κ2) is 4.13. The fourth-order valence-electron chi connectivity index (χ4n) is 1.54. The molecule has 0 aromatic heterocycles. The number of nitrogens with two attached hydrogens (primary N) is 1. The Morgan fingerprint density at radius 2 is 2.00 bits per heavy atom. The number of fused-ring (bicyclic) bond motifs is 1. The van der Waals surface area contributed by atoms with Crippen LogP contribution in [-0.2, 0) is 4.79 Å². The monoisotopic (exact) mass is 264 g/mol. The highest BCUT2D eigenvalue weighted by molar-refractivity contribution is 5.97. The molecule has 8 heteroatoms. The van der Waals surface area contributed by atoms with Gasteiger partial charge in [-0.25, -0.2) is 4.39 Å². The fourth-order valence-corrected chi connectivity index (χ4v) is 1.54. The van der Waals surface area contributed by atoms with Gasteiger partial charge in [0.2, 0.25) is 12.0 Å². The zero-order valence-corrected chi connectivity index (χ0v) is 8.79. The van der Waals surface area contributed by atoms with Gasteiger partial charge in [-0.15, -0.1) is 0 Å². The van der Waals surface area contributed by atoms with Crippen LogP contribution in [0, 0.1) is 5.82 Å². The molecule has 1 aromatic carbocycles. The zero-order chi connectivity index (χ0) is 13.5. The molecular weight excluding hydrogens is 256 g/mol. The first-order chi connectivity index (χ1) is 8.29. The first kappa shape index (κ1) is 12.6. The van der Waals surface area contributed by atoms with Gasteiger partial charge < -0.3 is 15.8 Å². The van der Waals surface area contributed by atoms with Crippen molar-refractivity contribution in [2.75, 3.05) is 5.32 Å². The summed E-state index contributed by atoms with van der Waals surface area (Å²) in [6.45, 7) is 0. The van der Waals surface area contributed by atoms with Gasteiger partial charge in [0.1, 0.15) is 17.6 Å². The number of halogens is 4. The van der Waals surface area contributed by atoms with Crippen molar-refractivity contribution in [3.8, 4) is 5.75 Å². The molecular formula is C10H8F4N2O2. The van der Waals surface area contributed by atoms with E-state index in [2.05, 4.69) is 10.1 Å². The molecule has 0 bridgehead atoms. The minimum atomic E-state index is -4.80. The highest BCUT2D eigenvalue weighted by Crippen LogP contribution is 2.34. The maximum atomic E-state index is 12.9. The maximum Gasteiger partial charge on any atom is 0.427 e. The molecule has 0 spiro atoms. The molecule has 0 saturated carbocycles. The lowest BCUT2D eigenvalue weighted by atomic mass is 10.1. The molecule has 2 atom stereocenters. The standard InChI is InChI=1S/C10H8F4N2O2/c11-4-1-2-6-5(3-4)16-9(17)7(15)8(18-6)10(12,13)14/h1-3,7-8H,15H2,(H,16,17). The first-order valence-corrected chi connectivity index (χ1v) is 4.88. The van der Waals surface area contributed by atoms with Crippen LogP contribution in [-0.4, -0.2) is 24.2 Å². The van der Waals surface area contributed by atoms with Gasteiger partial charge in [0.15, 0.2) is 0 Å². The summed E-state index contributed by atoms with van der Waals surface area (Å²) in [4.78, 5) is 11.4. The molecule has 4 nitrogen and oxygen atoms in total. The van der Waals surface area contributed by atoms with E-state index in [-0.39, 0.29) is 11.4 Å². The summed E-state index contributed by atoms with van der Waals surface area (Å²) < 4.78 is 55.6. The van der Waals surface area contributed by atoms with Gasteiger partial charge in [0.25, 0.3) is 0 Å². The number of nitrogens with one attached hydrogen (secondary N) is 1. The van der Waals surface area contributed by atoms with Gasteiger partial charge >= 0.3 is 6.18 Å². The fraction of sp³-hybridized carbons (Fsp3) is 0.300. The minimum Gasteiger partial charge on any atom is -0.477 e. The molecule has 2 unspecified atom stereocenters. The second-order valence-electron chi connectivity index (χ2n) is 3.74. The van der Waals surface area contributed by atoms with Crippen LogP contribution in [0.2, 0.25) is 0 Å². The predicted octanol–water partition coefficient (Wildman–Crippen LogP) is 1.41. The number of hydrogen-bond donors (Lipinski definition) is 2. The van der Waals surface area contributed by atoms with Crippen molar-refractivity contribution < 1.29 is 27.1 Å². The summed E-state index contributed by atoms with van der Waals surface area (Å²) in [5.74, 6) is -2.07. The molecule has 1 aliphatic rings. The largest absolute Gasteiger partial charge is 0.477 e. The number of benzene rings is 1. The Labute approximate surface area is 98.7 Å². The zero-order valence-electron chi connectivity index (χ0n) is 8.79. The third kappa shape index (κ3) is 2.23. The molecule has 0 fully saturated rings. The lowest BCUT2D eigenvalue weighted by Crippen LogP contribution is -2.53. The van der Waals surface area contributed by atoms with E-state index in [0.29, 0.717) is 0 Å². The molecule has 1 aliphatic heterocycles. The Balaban J connectivity index is 2.44. The first-order valence-electron chi connectivity index (χ1n) is 4.88. The summed E-state index contributed by atoms with van der Waals surface area (Å²) in [5.41, 5.74) is 5.00. The maximum absolute atomic E-state index is 12.9. The van der Waals surface area contributed by atoms with Gasteiger partial charge in [-0.3, -0.25) is 4.79 Å². The molecule has 1 aromatic rings. The molecule has 18 heavy (non-hydrogen) atoms. The Bertz CT molecular complexity index is 489. The normalized spacial score (nSPS) is 23.7. The van der Waals surface area contributed by atoms with Crippen molar-refractivity contribution in [3.63, 3.8) is 0 Å². The van der Waals surface area contributed by atoms with E-state index in [1.54, 1.807) is 0 Å². The average molecular weight is 264 g/mol. The predicted molar refractivity (Wildman–Crippen MR) is 53.5 cm³/mol. The molecule has 3 N–H and O–H groups in total. The summed E-state index contributed by atoms with van der Waals surface area (Å²) >= 11 is 0. The minimum absolute atomic E-state index is 0.179. The van der Waals surface area contributed by atoms with E-state index in [4.69, 9.17) is 5.73 Å². The van der Waals surface area contributed by atoms with E-state index in [1.165, 1.54) is 0 Å². The second-order valence-corrected chi connectivity index (χ2v) is 3.74. The number of alkyl halides is 3. The summed E-state index contributed by atoms with van der Waals surface area (Å²) in [5, 5.41) is 2.09. The van der Waals surface area contributed by atoms with Crippen LogP contribution in [0.1, 0.15) is 0 Å². The van der Waals surface area contributed by atoms with E-state index in [0.717, 1.165) is 18.2 Å². The van der Waals surface area contributed by atoms with Crippen LogP contribution in [0.15, 0.2) is 18.2 Å². The van der Waals surface area contributed by atoms with E-state index >= 15 is 0 Å². The lowest BCUT2D eigenvalue weighted by Gasteiger charge is -2.23. The van der Waals surface area contributed by atoms with Crippen molar-refractivity contribution in [1.29, 1.82) is 0 Å². The van der Waals surface area contributed by atoms with Crippen molar-refractivity contribution in [3.05, 3.63) is 24.0 Å². The average Bonchev–Trinajstić information content (AvgIpc) is 2.36. The van der Waals surface area contributed by atoms with Crippen LogP contribution in [0.3, 0.4) is 0 Å². The van der Waals surface area contributed by atoms with Gasteiger partial charge in [-0.05, 0) is 12.1 Å². The number of amides is 1. The van der Waals surface area contributed by atoms with Crippen LogP contribution in [0.4, 0.5) is 23.2 Å². The molecule has 1 amide bonds. The van der Waals surface area contributed by atoms with Crippen molar-refractivity contribution in [2.24, 2.45) is 5.73 Å². The van der Waals surface area contributed by atoms with Crippen molar-refractivity contribution >= 4 is 11.6 Å². The van der Waals surface area contributed by atoms with Crippen LogP contribution < -0.4 is 15.8 Å². The molecule has 0 radical (unpaired) electrons. The highest BCUT2D eigenvalue weighted by atomic mass is 19.4. The number of carbonyl (C=O) groups is 1. The van der Waals surface area contributed by atoms with Gasteiger partial charge in [-0.2, -0.15) is 13.2 Å². The topological polar surface area (TPSA) is 64.4 Å². The van der Waals surface area contributed by atoms with E-state index in [1.807, 2.05) is 0 Å². The molecule has 0 saturated heterocycles. The van der Waals surface area contributed by atoms with E-state index < -0.39 is 30.0 Å². The van der Waals surface area contributed by atoms with Crippen LogP contribution in [0.5, 0.6) is 5.75 Å². The number of anilines is 1. The van der Waals surface area contributed by atoms with Crippen molar-refractivity contribution in [2.45, 2.75) is 18.3 Å². The SMILES string of the molecule is NC1C(=O)Nc2cc(F)ccc2OC1C(F)(F)F. The number of rotatable bonds is 0. The Hall–Kier alpha value is -1.83. The van der Waals surface area contributed by atoms with E-state index in [9.17, 15) is 22.4 Å². The summed E-state index contributed by atoms with van der Waals surface area (Å²) in [7, 11) is 0. The van der Waals surface area contributed by atoms with Gasteiger partial charge in [-0.1, -0.05) is 0 Å². The van der Waals surface area contributed by atoms with Crippen LogP contribution >= 0.6 is 0 Å². The third-order valence-corrected chi connectivity index (χ3v) is 2.40. The Morgan fingerprint density at radius 1 is 1.33 bits per heavy atom. The Morgan fingerprint density at radius 3 is 2.61 bits per heavy atom. The molecule has 2 rings (SSSR count). The molecule has 98 valence electrons. The quantitative estimate of drug-likeness (QED) is 0.696. The van der Waals surface area contributed by atoms with Crippen LogP contribution in [0.25, 0.3) is 0 Å². The van der Waals surface area contributed by atoms with Gasteiger partial charge in [0.05, 0.1) is 5.69 Å². The van der Waals surface area contributed by atoms with Gasteiger partial charge in [0, 0.05) is 6.07 Å². The third-order valence-electron chi connectivity index (χ3n) is 2.40. The molecule has 0 aliphatic carbocycles. The summed E-state index contributed by atoms with van der Waals surface area (Å²) in [6.07, 6.45) is -7.27. The van der Waals surface area contributed by atoms with Crippen molar-refractivity contribution in [1.82, 2.24) is 0 Å². The number of hydrogen-bond acceptors (Lipinski definition) is 3. The number of carbonyl (C=O) groups excluding carboxylic acids is 1. The molecule has 1 heterocycles. The number of ether oxygens (including phenoxy) is 1. The Kier molecular flexibility index (Phi) is 2.89.